The summed E-state index contributed by atoms with van der Waals surface area (Å²) < 4.78 is 5.60. The highest BCUT2D eigenvalue weighted by atomic mass is 16.3. The molecule has 0 unspecified atom stereocenters. The molecular formula is C15H15N3O. The SMILES string of the molecule is Cc1oc2ncnc(NCc3ccccc3)c2c1C. The van der Waals surface area contributed by atoms with E-state index in [1.165, 1.54) is 11.9 Å². The summed E-state index contributed by atoms with van der Waals surface area (Å²) in [5.41, 5.74) is 2.94. The van der Waals surface area contributed by atoms with Gasteiger partial charge in [0.25, 0.3) is 0 Å². The van der Waals surface area contributed by atoms with Gasteiger partial charge in [0, 0.05) is 12.1 Å². The Kier molecular flexibility index (Phi) is 2.91. The number of fused-ring (bicyclic) bond motifs is 1. The van der Waals surface area contributed by atoms with Crippen molar-refractivity contribution in [3.05, 3.63) is 53.5 Å². The minimum Gasteiger partial charge on any atom is -0.443 e. The van der Waals surface area contributed by atoms with E-state index in [1.807, 2.05) is 32.0 Å². The summed E-state index contributed by atoms with van der Waals surface area (Å²) in [4.78, 5) is 8.47. The number of hydrogen-bond acceptors (Lipinski definition) is 4. The zero-order valence-corrected chi connectivity index (χ0v) is 11.0. The van der Waals surface area contributed by atoms with Gasteiger partial charge in [-0.2, -0.15) is 0 Å². The molecule has 2 heterocycles. The molecule has 0 aliphatic heterocycles. The van der Waals surface area contributed by atoms with Gasteiger partial charge in [-0.1, -0.05) is 30.3 Å². The lowest BCUT2D eigenvalue weighted by Gasteiger charge is -2.06. The van der Waals surface area contributed by atoms with Crippen LogP contribution in [0.5, 0.6) is 0 Å². The van der Waals surface area contributed by atoms with Crippen LogP contribution < -0.4 is 5.32 Å². The first-order valence-corrected chi connectivity index (χ1v) is 6.24. The first-order chi connectivity index (χ1) is 9.25. The van der Waals surface area contributed by atoms with Gasteiger partial charge in [0.2, 0.25) is 5.71 Å². The summed E-state index contributed by atoms with van der Waals surface area (Å²) in [7, 11) is 0. The molecule has 0 amide bonds. The largest absolute Gasteiger partial charge is 0.443 e. The summed E-state index contributed by atoms with van der Waals surface area (Å²) in [6.45, 7) is 4.70. The summed E-state index contributed by atoms with van der Waals surface area (Å²) >= 11 is 0. The van der Waals surface area contributed by atoms with Crippen LogP contribution in [-0.4, -0.2) is 9.97 Å². The average Bonchev–Trinajstić information content (AvgIpc) is 2.74. The van der Waals surface area contributed by atoms with E-state index in [0.29, 0.717) is 5.71 Å². The van der Waals surface area contributed by atoms with E-state index in [0.717, 1.165) is 29.1 Å². The Labute approximate surface area is 111 Å². The van der Waals surface area contributed by atoms with Gasteiger partial charge in [0.1, 0.15) is 17.9 Å². The number of nitrogens with zero attached hydrogens (tertiary/aromatic N) is 2. The normalized spacial score (nSPS) is 10.8. The van der Waals surface area contributed by atoms with E-state index in [9.17, 15) is 0 Å². The van der Waals surface area contributed by atoms with Gasteiger partial charge in [0.15, 0.2) is 0 Å². The van der Waals surface area contributed by atoms with Crippen molar-refractivity contribution in [1.82, 2.24) is 9.97 Å². The fraction of sp³-hybridized carbons (Fsp3) is 0.200. The fourth-order valence-corrected chi connectivity index (χ4v) is 2.10. The first kappa shape index (κ1) is 11.7. The highest BCUT2D eigenvalue weighted by Crippen LogP contribution is 2.28. The van der Waals surface area contributed by atoms with Crippen LogP contribution >= 0.6 is 0 Å². The zero-order valence-electron chi connectivity index (χ0n) is 11.0. The van der Waals surface area contributed by atoms with Crippen LogP contribution in [0.2, 0.25) is 0 Å². The Morgan fingerprint density at radius 1 is 1.11 bits per heavy atom. The minimum absolute atomic E-state index is 0.639. The zero-order chi connectivity index (χ0) is 13.2. The summed E-state index contributed by atoms with van der Waals surface area (Å²) in [6.07, 6.45) is 1.53. The number of aromatic nitrogens is 2. The molecule has 3 rings (SSSR count). The molecule has 19 heavy (non-hydrogen) atoms. The van der Waals surface area contributed by atoms with Gasteiger partial charge in [-0.05, 0) is 19.4 Å². The molecule has 2 aromatic heterocycles. The van der Waals surface area contributed by atoms with Crippen molar-refractivity contribution in [3.63, 3.8) is 0 Å². The van der Waals surface area contributed by atoms with Crippen molar-refractivity contribution in [2.24, 2.45) is 0 Å². The number of anilines is 1. The molecule has 0 atom stereocenters. The standard InChI is InChI=1S/C15H15N3O/c1-10-11(2)19-15-13(10)14(17-9-18-15)16-8-12-6-4-3-5-7-12/h3-7,9H,8H2,1-2H3,(H,16,17,18). The van der Waals surface area contributed by atoms with Crippen LogP contribution in [0.25, 0.3) is 11.1 Å². The molecule has 4 heteroatoms. The maximum Gasteiger partial charge on any atom is 0.231 e. The molecule has 0 saturated carbocycles. The monoisotopic (exact) mass is 253 g/mol. The predicted octanol–water partition coefficient (Wildman–Crippen LogP) is 3.45. The third-order valence-electron chi connectivity index (χ3n) is 3.27. The molecular weight excluding hydrogens is 238 g/mol. The van der Waals surface area contributed by atoms with Crippen molar-refractivity contribution >= 4 is 16.9 Å². The van der Waals surface area contributed by atoms with Gasteiger partial charge in [-0.25, -0.2) is 9.97 Å². The molecule has 0 saturated heterocycles. The maximum atomic E-state index is 5.60. The molecule has 96 valence electrons. The van der Waals surface area contributed by atoms with Crippen molar-refractivity contribution in [3.8, 4) is 0 Å². The predicted molar refractivity (Wildman–Crippen MR) is 75.0 cm³/mol. The van der Waals surface area contributed by atoms with E-state index < -0.39 is 0 Å². The average molecular weight is 253 g/mol. The highest BCUT2D eigenvalue weighted by molar-refractivity contribution is 5.89. The van der Waals surface area contributed by atoms with Gasteiger partial charge >= 0.3 is 0 Å². The molecule has 1 aromatic carbocycles. The van der Waals surface area contributed by atoms with Crippen LogP contribution in [-0.2, 0) is 6.54 Å². The molecule has 0 fully saturated rings. The highest BCUT2D eigenvalue weighted by Gasteiger charge is 2.13. The van der Waals surface area contributed by atoms with Crippen molar-refractivity contribution in [2.75, 3.05) is 5.32 Å². The lowest BCUT2D eigenvalue weighted by Crippen LogP contribution is -2.02. The summed E-state index contributed by atoms with van der Waals surface area (Å²) in [5, 5.41) is 4.32. The van der Waals surface area contributed by atoms with Crippen LogP contribution in [0, 0.1) is 13.8 Å². The van der Waals surface area contributed by atoms with Gasteiger partial charge in [-0.15, -0.1) is 0 Å². The lowest BCUT2D eigenvalue weighted by atomic mass is 10.2. The van der Waals surface area contributed by atoms with Crippen LogP contribution in [0.1, 0.15) is 16.9 Å². The summed E-state index contributed by atoms with van der Waals surface area (Å²) in [5.74, 6) is 1.71. The molecule has 0 bridgehead atoms. The maximum absolute atomic E-state index is 5.60. The van der Waals surface area contributed by atoms with E-state index in [2.05, 4.69) is 27.4 Å². The number of aryl methyl sites for hydroxylation is 2. The molecule has 3 aromatic rings. The number of nitrogens with one attached hydrogen (secondary N) is 1. The van der Waals surface area contributed by atoms with Crippen molar-refractivity contribution in [2.45, 2.75) is 20.4 Å². The van der Waals surface area contributed by atoms with Gasteiger partial charge in [-0.3, -0.25) is 0 Å². The topological polar surface area (TPSA) is 51.0 Å². The second-order valence-corrected chi connectivity index (χ2v) is 4.52. The third-order valence-corrected chi connectivity index (χ3v) is 3.27. The smallest absolute Gasteiger partial charge is 0.231 e. The summed E-state index contributed by atoms with van der Waals surface area (Å²) in [6, 6.07) is 10.2. The van der Waals surface area contributed by atoms with Gasteiger partial charge < -0.3 is 9.73 Å². The van der Waals surface area contributed by atoms with Crippen LogP contribution in [0.15, 0.2) is 41.1 Å². The van der Waals surface area contributed by atoms with Gasteiger partial charge in [0.05, 0.1) is 5.39 Å². The first-order valence-electron chi connectivity index (χ1n) is 6.24. The van der Waals surface area contributed by atoms with Crippen molar-refractivity contribution < 1.29 is 4.42 Å². The quantitative estimate of drug-likeness (QED) is 0.776. The Morgan fingerprint density at radius 3 is 2.68 bits per heavy atom. The van der Waals surface area contributed by atoms with E-state index >= 15 is 0 Å². The lowest BCUT2D eigenvalue weighted by molar-refractivity contribution is 0.564. The number of hydrogen-bond donors (Lipinski definition) is 1. The molecule has 0 aliphatic rings. The Balaban J connectivity index is 1.93. The molecule has 4 nitrogen and oxygen atoms in total. The minimum atomic E-state index is 0.639. The fourth-order valence-electron chi connectivity index (χ4n) is 2.10. The number of benzene rings is 1. The molecule has 0 aliphatic carbocycles. The second-order valence-electron chi connectivity index (χ2n) is 4.52. The van der Waals surface area contributed by atoms with Crippen molar-refractivity contribution in [1.29, 1.82) is 0 Å². The van der Waals surface area contributed by atoms with E-state index in [-0.39, 0.29) is 0 Å². The second kappa shape index (κ2) is 4.72. The van der Waals surface area contributed by atoms with Crippen LogP contribution in [0.4, 0.5) is 5.82 Å². The number of rotatable bonds is 3. The third kappa shape index (κ3) is 2.17. The Hall–Kier alpha value is -2.36. The van der Waals surface area contributed by atoms with E-state index in [1.54, 1.807) is 0 Å². The number of furan rings is 1. The van der Waals surface area contributed by atoms with E-state index in [4.69, 9.17) is 4.42 Å². The Bertz CT molecular complexity index is 704. The Morgan fingerprint density at radius 2 is 1.89 bits per heavy atom. The molecule has 0 radical (unpaired) electrons. The molecule has 1 N–H and O–H groups in total. The molecule has 0 spiro atoms. The van der Waals surface area contributed by atoms with Crippen LogP contribution in [0.3, 0.4) is 0 Å².